The Hall–Kier alpha value is -1.62. The van der Waals surface area contributed by atoms with Crippen LogP contribution in [0.15, 0.2) is 48.6 Å². The Morgan fingerprint density at radius 2 is 1.93 bits per heavy atom. The highest BCUT2D eigenvalue weighted by molar-refractivity contribution is 5.33. The lowest BCUT2D eigenvalue weighted by molar-refractivity contribution is -0.105. The van der Waals surface area contributed by atoms with E-state index in [0.717, 1.165) is 41.8 Å². The van der Waals surface area contributed by atoms with Gasteiger partial charge in [0.2, 0.25) is 0 Å². The zero-order chi connectivity index (χ0) is 20.0. The highest BCUT2D eigenvalue weighted by Crippen LogP contribution is 2.43. The molecule has 0 heterocycles. The molecule has 1 aromatic carbocycles. The van der Waals surface area contributed by atoms with Crippen molar-refractivity contribution in [2.24, 2.45) is 5.92 Å². The first kappa shape index (κ1) is 21.7. The Kier molecular flexibility index (Phi) is 7.66. The quantitative estimate of drug-likeness (QED) is 0.660. The predicted molar refractivity (Wildman–Crippen MR) is 111 cm³/mol. The average molecular weight is 374 g/mol. The number of benzene rings is 1. The van der Waals surface area contributed by atoms with E-state index in [9.17, 15) is 5.11 Å². The van der Waals surface area contributed by atoms with E-state index in [0.29, 0.717) is 19.6 Å². The third kappa shape index (κ3) is 6.20. The second kappa shape index (κ2) is 9.54. The summed E-state index contributed by atoms with van der Waals surface area (Å²) in [6, 6.07) is 7.86. The van der Waals surface area contributed by atoms with Gasteiger partial charge in [0.05, 0.1) is 18.3 Å². The van der Waals surface area contributed by atoms with E-state index in [1.165, 1.54) is 0 Å². The fraction of sp³-hybridized carbons (Fsp3) is 0.565. The highest BCUT2D eigenvalue weighted by atomic mass is 16.5. The minimum absolute atomic E-state index is 0.0905. The zero-order valence-electron chi connectivity index (χ0n) is 17.3. The molecule has 0 spiro atoms. The maximum atomic E-state index is 11.7. The van der Waals surface area contributed by atoms with Crippen molar-refractivity contribution in [1.82, 2.24) is 4.90 Å². The molecule has 0 amide bonds. The first-order chi connectivity index (χ1) is 12.7. The Balaban J connectivity index is 2.20. The Bertz CT molecular complexity index is 655. The van der Waals surface area contributed by atoms with Crippen LogP contribution in [0, 0.1) is 5.92 Å². The summed E-state index contributed by atoms with van der Waals surface area (Å²) in [5.41, 5.74) is 2.05. The van der Waals surface area contributed by atoms with Crippen molar-refractivity contribution in [3.8, 4) is 5.75 Å². The van der Waals surface area contributed by atoms with Gasteiger partial charge in [0, 0.05) is 12.5 Å². The molecule has 1 aliphatic carbocycles. The number of aliphatic hydroxyl groups is 1. The number of nitrogens with zero attached hydrogens (tertiary/aromatic N) is 1. The molecule has 1 aliphatic rings. The number of ether oxygens (including phenoxy) is 2. The van der Waals surface area contributed by atoms with Gasteiger partial charge in [-0.3, -0.25) is 0 Å². The molecule has 1 N–H and O–H groups in total. The molecule has 4 heteroatoms. The summed E-state index contributed by atoms with van der Waals surface area (Å²) in [6.07, 6.45) is 2.51. The van der Waals surface area contributed by atoms with Gasteiger partial charge in [0.25, 0.3) is 0 Å². The fourth-order valence-corrected chi connectivity index (χ4v) is 3.73. The van der Waals surface area contributed by atoms with E-state index in [-0.39, 0.29) is 12.0 Å². The summed E-state index contributed by atoms with van der Waals surface area (Å²) in [5, 5.41) is 11.7. The van der Waals surface area contributed by atoms with E-state index in [4.69, 9.17) is 9.47 Å². The maximum absolute atomic E-state index is 11.7. The van der Waals surface area contributed by atoms with Gasteiger partial charge in [-0.25, -0.2) is 0 Å². The summed E-state index contributed by atoms with van der Waals surface area (Å²) in [7, 11) is 4.09. The van der Waals surface area contributed by atoms with Gasteiger partial charge >= 0.3 is 0 Å². The summed E-state index contributed by atoms with van der Waals surface area (Å²) in [5.74, 6) is 0.862. The lowest BCUT2D eigenvalue weighted by atomic mass is 9.70. The Morgan fingerprint density at radius 3 is 2.56 bits per heavy atom. The molecule has 1 fully saturated rings. The van der Waals surface area contributed by atoms with Gasteiger partial charge in [-0.1, -0.05) is 30.9 Å². The maximum Gasteiger partial charge on any atom is 0.120 e. The molecular formula is C23H35NO3. The van der Waals surface area contributed by atoms with Crippen molar-refractivity contribution < 1.29 is 14.6 Å². The molecule has 3 atom stereocenters. The molecule has 4 nitrogen and oxygen atoms in total. The van der Waals surface area contributed by atoms with Crippen LogP contribution in [0.3, 0.4) is 0 Å². The lowest BCUT2D eigenvalue weighted by Crippen LogP contribution is -2.46. The Morgan fingerprint density at radius 1 is 1.22 bits per heavy atom. The van der Waals surface area contributed by atoms with E-state index >= 15 is 0 Å². The molecule has 27 heavy (non-hydrogen) atoms. The molecule has 1 aromatic rings. The molecular weight excluding hydrogens is 338 g/mol. The highest BCUT2D eigenvalue weighted by Gasteiger charge is 2.44. The van der Waals surface area contributed by atoms with Crippen LogP contribution in [0.4, 0.5) is 0 Å². The van der Waals surface area contributed by atoms with Gasteiger partial charge in [0.15, 0.2) is 0 Å². The van der Waals surface area contributed by atoms with Crippen LogP contribution in [-0.4, -0.2) is 50.0 Å². The van der Waals surface area contributed by atoms with Crippen LogP contribution >= 0.6 is 0 Å². The van der Waals surface area contributed by atoms with Gasteiger partial charge < -0.3 is 19.5 Å². The molecule has 0 aromatic heterocycles. The molecule has 150 valence electrons. The standard InChI is InChI=1S/C23H35NO3/c1-17(2)15-26-21-9-7-8-19(12-21)23(25)11-10-22(27-16-18(3)4)13-20(23)14-24(5)6/h7-9,12,20,22,25H,1,3,10-11,13-16H2,2,4-6H3. The SMILES string of the molecule is C=C(C)COc1cccc(C2(O)CCC(OCC(=C)C)CC2CN(C)C)c1. The van der Waals surface area contributed by atoms with Crippen LogP contribution in [0.1, 0.15) is 38.7 Å². The second-order valence-electron chi connectivity index (χ2n) is 8.32. The van der Waals surface area contributed by atoms with E-state index in [1.54, 1.807) is 0 Å². The lowest BCUT2D eigenvalue weighted by Gasteiger charge is -2.44. The summed E-state index contributed by atoms with van der Waals surface area (Å²) in [4.78, 5) is 2.14. The number of hydrogen-bond acceptors (Lipinski definition) is 4. The van der Waals surface area contributed by atoms with Crippen LogP contribution in [0.2, 0.25) is 0 Å². The molecule has 3 unspecified atom stereocenters. The number of rotatable bonds is 9. The number of hydrogen-bond donors (Lipinski definition) is 1. The van der Waals surface area contributed by atoms with Crippen molar-refractivity contribution in [1.29, 1.82) is 0 Å². The second-order valence-corrected chi connectivity index (χ2v) is 8.32. The van der Waals surface area contributed by atoms with E-state index in [1.807, 2.05) is 52.2 Å². The van der Waals surface area contributed by atoms with E-state index in [2.05, 4.69) is 18.1 Å². The van der Waals surface area contributed by atoms with Gasteiger partial charge in [-0.2, -0.15) is 0 Å². The first-order valence-electron chi connectivity index (χ1n) is 9.71. The molecule has 0 bridgehead atoms. The third-order valence-electron chi connectivity index (χ3n) is 5.04. The van der Waals surface area contributed by atoms with Crippen molar-refractivity contribution in [2.45, 2.75) is 44.8 Å². The monoisotopic (exact) mass is 373 g/mol. The third-order valence-corrected chi connectivity index (χ3v) is 5.04. The van der Waals surface area contributed by atoms with Crippen molar-refractivity contribution in [3.63, 3.8) is 0 Å². The topological polar surface area (TPSA) is 41.9 Å². The van der Waals surface area contributed by atoms with Crippen LogP contribution in [-0.2, 0) is 10.3 Å². The average Bonchev–Trinajstić information content (AvgIpc) is 2.60. The van der Waals surface area contributed by atoms with E-state index < -0.39 is 5.60 Å². The van der Waals surface area contributed by atoms with Gasteiger partial charge in [-0.15, -0.1) is 0 Å². The molecule has 0 radical (unpaired) electrons. The summed E-state index contributed by atoms with van der Waals surface area (Å²) >= 11 is 0. The van der Waals surface area contributed by atoms with Crippen LogP contribution in [0.5, 0.6) is 5.75 Å². The summed E-state index contributed by atoms with van der Waals surface area (Å²) < 4.78 is 11.8. The minimum atomic E-state index is -0.879. The largest absolute Gasteiger partial charge is 0.489 e. The predicted octanol–water partition coefficient (Wildman–Crippen LogP) is 4.15. The van der Waals surface area contributed by atoms with Crippen molar-refractivity contribution in [2.75, 3.05) is 33.9 Å². The minimum Gasteiger partial charge on any atom is -0.489 e. The van der Waals surface area contributed by atoms with Crippen molar-refractivity contribution >= 4 is 0 Å². The molecule has 2 rings (SSSR count). The van der Waals surface area contributed by atoms with Gasteiger partial charge in [0.1, 0.15) is 12.4 Å². The van der Waals surface area contributed by atoms with Crippen molar-refractivity contribution in [3.05, 3.63) is 54.1 Å². The molecule has 0 aliphatic heterocycles. The summed E-state index contributed by atoms with van der Waals surface area (Å²) in [6.45, 7) is 13.6. The first-order valence-corrected chi connectivity index (χ1v) is 9.71. The molecule has 0 saturated heterocycles. The zero-order valence-corrected chi connectivity index (χ0v) is 17.3. The normalized spacial score (nSPS) is 25.4. The van der Waals surface area contributed by atoms with Crippen LogP contribution < -0.4 is 4.74 Å². The Labute approximate surface area is 164 Å². The van der Waals surface area contributed by atoms with Gasteiger partial charge in [-0.05, 0) is 70.5 Å². The fourth-order valence-electron chi connectivity index (χ4n) is 3.73. The molecule has 1 saturated carbocycles. The smallest absolute Gasteiger partial charge is 0.120 e. The van der Waals surface area contributed by atoms with Crippen LogP contribution in [0.25, 0.3) is 0 Å².